The van der Waals surface area contributed by atoms with E-state index in [2.05, 4.69) is 98.8 Å². The van der Waals surface area contributed by atoms with Crippen molar-refractivity contribution in [2.24, 2.45) is 0 Å². The van der Waals surface area contributed by atoms with Gasteiger partial charge < -0.3 is 24.8 Å². The van der Waals surface area contributed by atoms with Crippen LogP contribution in [-0.2, 0) is 20.3 Å². The molecular formula is C36H38Cl2Zr. The number of halogens is 2. The molecule has 0 aromatic heterocycles. The summed E-state index contributed by atoms with van der Waals surface area (Å²) in [5.41, 5.74) is 10.1. The van der Waals surface area contributed by atoms with E-state index in [-0.39, 0.29) is 24.8 Å². The van der Waals surface area contributed by atoms with Crippen LogP contribution in [0.2, 0.25) is 8.26 Å². The first kappa shape index (κ1) is 28.9. The monoisotopic (exact) mass is 630 g/mol. The zero-order valence-corrected chi connectivity index (χ0v) is 27.1. The largest absolute Gasteiger partial charge is 1.00 e. The van der Waals surface area contributed by atoms with Gasteiger partial charge in [0, 0.05) is 0 Å². The van der Waals surface area contributed by atoms with E-state index in [4.69, 9.17) is 0 Å². The Hall–Kier alpha value is -1.66. The van der Waals surface area contributed by atoms with Gasteiger partial charge in [0.25, 0.3) is 0 Å². The van der Waals surface area contributed by atoms with E-state index in [1.165, 1.54) is 60.1 Å². The molecule has 39 heavy (non-hydrogen) atoms. The van der Waals surface area contributed by atoms with Gasteiger partial charge in [-0.1, -0.05) is 0 Å². The zero-order valence-electron chi connectivity index (χ0n) is 23.2. The molecule has 0 saturated carbocycles. The van der Waals surface area contributed by atoms with E-state index in [1.807, 2.05) is 0 Å². The van der Waals surface area contributed by atoms with E-state index in [0.29, 0.717) is 0 Å². The van der Waals surface area contributed by atoms with E-state index in [0.717, 1.165) is 7.25 Å². The molecule has 0 spiro atoms. The van der Waals surface area contributed by atoms with Crippen molar-refractivity contribution < 1.29 is 45.1 Å². The molecule has 0 N–H and O–H groups in total. The van der Waals surface area contributed by atoms with E-state index >= 15 is 0 Å². The summed E-state index contributed by atoms with van der Waals surface area (Å²) < 4.78 is 4.62. The van der Waals surface area contributed by atoms with Crippen molar-refractivity contribution in [3.63, 3.8) is 0 Å². The van der Waals surface area contributed by atoms with E-state index in [9.17, 15) is 0 Å². The fourth-order valence-corrected chi connectivity index (χ4v) is 25.4. The van der Waals surface area contributed by atoms with Gasteiger partial charge >= 0.3 is 228 Å². The molecule has 4 aromatic carbocycles. The number of rotatable bonds is 8. The Labute approximate surface area is 251 Å². The molecule has 1 fully saturated rings. The van der Waals surface area contributed by atoms with Gasteiger partial charge in [0.05, 0.1) is 0 Å². The van der Waals surface area contributed by atoms with Crippen LogP contribution in [0.3, 0.4) is 0 Å². The minimum atomic E-state index is -2.62. The second kappa shape index (κ2) is 11.7. The fraction of sp³-hybridized carbons (Fsp3) is 0.333. The van der Waals surface area contributed by atoms with Crippen LogP contribution < -0.4 is 24.8 Å². The maximum absolute atomic E-state index is 2.67. The predicted octanol–water partition coefficient (Wildman–Crippen LogP) is 4.96. The molecular weight excluding hydrogens is 595 g/mol. The number of hydrogen-bond donors (Lipinski definition) is 0. The normalized spacial score (nSPS) is 19.2. The van der Waals surface area contributed by atoms with Gasteiger partial charge in [-0.2, -0.15) is 0 Å². The molecule has 0 nitrogen and oxygen atoms in total. The summed E-state index contributed by atoms with van der Waals surface area (Å²) in [7, 11) is 0. The Morgan fingerprint density at radius 2 is 1.03 bits per heavy atom. The quantitative estimate of drug-likeness (QED) is 0.258. The molecule has 0 radical (unpaired) electrons. The minimum absolute atomic E-state index is 0. The molecule has 1 saturated heterocycles. The molecule has 1 aliphatic heterocycles. The predicted molar refractivity (Wildman–Crippen MR) is 158 cm³/mol. The summed E-state index contributed by atoms with van der Waals surface area (Å²) in [6.07, 6.45) is 13.1. The molecule has 7 rings (SSSR count). The second-order valence-electron chi connectivity index (χ2n) is 11.8. The van der Waals surface area contributed by atoms with Crippen molar-refractivity contribution in [2.45, 2.75) is 67.9 Å². The van der Waals surface area contributed by atoms with Crippen LogP contribution in [0.4, 0.5) is 0 Å². The van der Waals surface area contributed by atoms with Crippen LogP contribution in [0.5, 0.6) is 0 Å². The van der Waals surface area contributed by atoms with Crippen molar-refractivity contribution >= 4 is 33.7 Å². The van der Waals surface area contributed by atoms with Gasteiger partial charge in [-0.25, -0.2) is 0 Å². The van der Waals surface area contributed by atoms with Crippen LogP contribution >= 0.6 is 0 Å². The molecule has 0 amide bonds. The maximum Gasteiger partial charge on any atom is -1.00 e. The molecule has 3 aliphatic rings. The third kappa shape index (κ3) is 4.72. The number of hydrogen-bond acceptors (Lipinski definition) is 0. The topological polar surface area (TPSA) is 0 Å². The van der Waals surface area contributed by atoms with Crippen molar-refractivity contribution in [3.05, 3.63) is 106 Å². The summed E-state index contributed by atoms with van der Waals surface area (Å²) in [6, 6.07) is 28.1. The summed E-state index contributed by atoms with van der Waals surface area (Å²) in [5, 5.41) is 5.74. The second-order valence-corrected chi connectivity index (χ2v) is 23.2. The van der Waals surface area contributed by atoms with Gasteiger partial charge in [-0.15, -0.1) is 0 Å². The molecule has 1 heterocycles. The Bertz CT molecular complexity index is 1460. The summed E-state index contributed by atoms with van der Waals surface area (Å²) in [5.74, 6) is 0. The van der Waals surface area contributed by atoms with Crippen LogP contribution in [-0.4, -0.2) is 0 Å². The smallest absolute Gasteiger partial charge is 1.00 e. The van der Waals surface area contributed by atoms with E-state index < -0.39 is 20.3 Å². The number of fused-ring (bicyclic) bond motifs is 6. The van der Waals surface area contributed by atoms with Crippen LogP contribution in [0.25, 0.3) is 33.7 Å². The molecule has 2 unspecified atom stereocenters. The first-order valence-electron chi connectivity index (χ1n) is 14.7. The molecule has 2 aliphatic carbocycles. The Morgan fingerprint density at radius 3 is 1.44 bits per heavy atom. The summed E-state index contributed by atoms with van der Waals surface area (Å²) >= 11 is -2.62. The Balaban J connectivity index is 0.00000154. The van der Waals surface area contributed by atoms with Crippen LogP contribution in [0, 0.1) is 0 Å². The Morgan fingerprint density at radius 1 is 0.590 bits per heavy atom. The van der Waals surface area contributed by atoms with Crippen molar-refractivity contribution in [3.8, 4) is 0 Å². The average molecular weight is 633 g/mol. The zero-order chi connectivity index (χ0) is 25.0. The van der Waals surface area contributed by atoms with Crippen molar-refractivity contribution in [1.29, 1.82) is 0 Å². The molecule has 2 atom stereocenters. The summed E-state index contributed by atoms with van der Waals surface area (Å²) in [6.45, 7) is 4.71. The van der Waals surface area contributed by atoms with Gasteiger partial charge in [0.1, 0.15) is 0 Å². The van der Waals surface area contributed by atoms with Gasteiger partial charge in [0.15, 0.2) is 0 Å². The third-order valence-electron chi connectivity index (χ3n) is 9.65. The van der Waals surface area contributed by atoms with Crippen LogP contribution in [0.15, 0.2) is 83.9 Å². The molecule has 3 heteroatoms. The first-order valence-corrected chi connectivity index (χ1v) is 21.0. The molecule has 4 aromatic rings. The Kier molecular flexibility index (Phi) is 8.64. The first-order chi connectivity index (χ1) is 18.2. The number of unbranched alkanes of at least 4 members (excludes halogenated alkanes) is 2. The van der Waals surface area contributed by atoms with Gasteiger partial charge in [0.2, 0.25) is 0 Å². The third-order valence-corrected chi connectivity index (χ3v) is 22.7. The fourth-order valence-electron chi connectivity index (χ4n) is 7.83. The van der Waals surface area contributed by atoms with Gasteiger partial charge in [-0.05, 0) is 0 Å². The average Bonchev–Trinajstić information content (AvgIpc) is 3.48. The minimum Gasteiger partial charge on any atom is -1.00 e. The van der Waals surface area contributed by atoms with Gasteiger partial charge in [-0.3, -0.25) is 0 Å². The molecule has 200 valence electrons. The summed E-state index contributed by atoms with van der Waals surface area (Å²) in [4.78, 5) is 0. The molecule has 0 bridgehead atoms. The van der Waals surface area contributed by atoms with Crippen molar-refractivity contribution in [1.82, 2.24) is 0 Å². The van der Waals surface area contributed by atoms with E-state index in [1.54, 1.807) is 41.7 Å². The number of allylic oxidation sites excluding steroid dienone is 2. The van der Waals surface area contributed by atoms with Crippen molar-refractivity contribution in [2.75, 3.05) is 0 Å². The standard InChI is InChI=1S/2C17H17.C2H4.2ClH.Zr/c2*1-2-3-6-13-11-15-10-9-14-7-4-5-8-16(14)17(15)12-13;1-2;;;/h2*4-5,7-12H,2-3,6H2,1H3;1-2H2;2*1H;/q;;;;;+2/p-2. The maximum atomic E-state index is 2.67. The number of benzene rings is 4. The van der Waals surface area contributed by atoms with Crippen LogP contribution in [0.1, 0.15) is 81.9 Å². The SMILES string of the molecule is CCCCC1=Cc2c(ccc3ccccc23)[CH]1[Zr+2]1([CH]2C(CCCC)=Cc3c2ccc2ccccc32)[CH2][CH2]1.[Cl-].[Cl-].